The smallest absolute Gasteiger partial charge is 0.241 e. The number of sulfonamides is 1. The van der Waals surface area contributed by atoms with Gasteiger partial charge in [0.1, 0.15) is 13.7 Å². The zero-order valence-corrected chi connectivity index (χ0v) is 22.3. The Labute approximate surface area is 222 Å². The minimum atomic E-state index is -3.58. The third-order valence-electron chi connectivity index (χ3n) is 6.38. The molecule has 0 amide bonds. The van der Waals surface area contributed by atoms with E-state index in [1.165, 1.54) is 0 Å². The highest BCUT2D eigenvalue weighted by Crippen LogP contribution is 2.30. The summed E-state index contributed by atoms with van der Waals surface area (Å²) in [6, 6.07) is 16.8. The highest BCUT2D eigenvalue weighted by molar-refractivity contribution is 7.89. The van der Waals surface area contributed by atoms with Crippen molar-refractivity contribution in [1.82, 2.24) is 19.3 Å². The number of hydrogen-bond acceptors (Lipinski definition) is 5. The molecule has 1 aliphatic carbocycles. The molecule has 0 bridgehead atoms. The number of hydrogen-bond donors (Lipinski definition) is 2. The van der Waals surface area contributed by atoms with E-state index >= 15 is 0 Å². The van der Waals surface area contributed by atoms with Crippen molar-refractivity contribution in [1.29, 1.82) is 0 Å². The quantitative estimate of drug-likeness (QED) is 0.339. The van der Waals surface area contributed by atoms with Crippen LogP contribution in [0, 0.1) is 6.92 Å². The van der Waals surface area contributed by atoms with Crippen molar-refractivity contribution in [2.75, 3.05) is 5.32 Å². The van der Waals surface area contributed by atoms with Crippen LogP contribution < -0.4 is 15.5 Å². The number of fused-ring (bicyclic) bond motifs is 1. The van der Waals surface area contributed by atoms with Gasteiger partial charge in [-0.05, 0) is 48.0 Å². The molecule has 2 aromatic carbocycles. The molecule has 0 spiro atoms. The van der Waals surface area contributed by atoms with E-state index in [4.69, 9.17) is 16.6 Å². The van der Waals surface area contributed by atoms with Gasteiger partial charge in [0.25, 0.3) is 0 Å². The molecule has 2 heterocycles. The third kappa shape index (κ3) is 5.49. The maximum absolute atomic E-state index is 12.7. The second-order valence-electron chi connectivity index (χ2n) is 9.11. The second-order valence-corrected chi connectivity index (χ2v) is 11.3. The molecule has 0 atom stereocenters. The predicted molar refractivity (Wildman–Crippen MR) is 151 cm³/mol. The van der Waals surface area contributed by atoms with Gasteiger partial charge < -0.3 is 5.32 Å². The maximum Gasteiger partial charge on any atom is 0.241 e. The van der Waals surface area contributed by atoms with E-state index in [1.807, 2.05) is 50.3 Å². The number of aryl methyl sites for hydroxylation is 1. The Bertz CT molecular complexity index is 1630. The number of anilines is 1. The van der Waals surface area contributed by atoms with E-state index in [-0.39, 0.29) is 6.54 Å². The summed E-state index contributed by atoms with van der Waals surface area (Å²) in [6.45, 7) is 2.57. The van der Waals surface area contributed by atoms with Gasteiger partial charge in [0.05, 0.1) is 10.6 Å². The normalized spacial score (nSPS) is 13.9. The SMILES string of the molecule is Bc1cnn2c(NCc3ccc(CNS(=O)(=O)c4ccccc4C)cc3)cc(C3=C(Cl)CCC=C3)nc12. The van der Waals surface area contributed by atoms with E-state index in [0.717, 1.165) is 62.8 Å². The first-order chi connectivity index (χ1) is 17.8. The lowest BCUT2D eigenvalue weighted by molar-refractivity contribution is 0.580. The molecule has 0 saturated carbocycles. The van der Waals surface area contributed by atoms with Gasteiger partial charge in [-0.2, -0.15) is 9.61 Å². The van der Waals surface area contributed by atoms with Gasteiger partial charge >= 0.3 is 0 Å². The largest absolute Gasteiger partial charge is 0.366 e. The van der Waals surface area contributed by atoms with Crippen LogP contribution in [0.15, 0.2) is 82.9 Å². The number of allylic oxidation sites excluding steroid dienone is 4. The number of nitrogens with one attached hydrogen (secondary N) is 2. The summed E-state index contributed by atoms with van der Waals surface area (Å²) in [7, 11) is -1.59. The Morgan fingerprint density at radius 3 is 2.54 bits per heavy atom. The first kappa shape index (κ1) is 25.3. The van der Waals surface area contributed by atoms with Crippen molar-refractivity contribution < 1.29 is 8.42 Å². The molecule has 4 aromatic rings. The van der Waals surface area contributed by atoms with Crippen molar-refractivity contribution in [2.24, 2.45) is 0 Å². The standard InChI is InChI=1S/C27H27BClN5O2S/c1-18-6-2-5-9-25(18)37(35,36)32-16-20-12-10-19(11-13-20)15-30-26-14-24(21-7-3-4-8-23(21)29)33-27-22(28)17-31-34(26)27/h2-3,5-7,9-14,17,30,32H,4,8,15-16,28H2,1H3. The van der Waals surface area contributed by atoms with E-state index in [0.29, 0.717) is 11.4 Å². The number of benzene rings is 2. The third-order valence-corrected chi connectivity index (χ3v) is 8.33. The minimum Gasteiger partial charge on any atom is -0.366 e. The number of nitrogens with zero attached hydrogens (tertiary/aromatic N) is 3. The average molecular weight is 532 g/mol. The van der Waals surface area contributed by atoms with E-state index < -0.39 is 10.0 Å². The van der Waals surface area contributed by atoms with Crippen LogP contribution in [0.5, 0.6) is 0 Å². The summed E-state index contributed by atoms with van der Waals surface area (Å²) in [5, 5.41) is 8.78. The number of aromatic nitrogens is 3. The molecular formula is C27H27BClN5O2S. The van der Waals surface area contributed by atoms with Crippen LogP contribution in [0.4, 0.5) is 5.82 Å². The summed E-state index contributed by atoms with van der Waals surface area (Å²) >= 11 is 6.52. The van der Waals surface area contributed by atoms with Crippen LogP contribution in [0.1, 0.15) is 35.2 Å². The molecule has 1 aliphatic rings. The fraction of sp³-hybridized carbons (Fsp3) is 0.185. The molecule has 0 fully saturated rings. The van der Waals surface area contributed by atoms with Gasteiger partial charge in [0.15, 0.2) is 5.65 Å². The van der Waals surface area contributed by atoms with Gasteiger partial charge in [0.2, 0.25) is 10.0 Å². The Balaban J connectivity index is 1.30. The summed E-state index contributed by atoms with van der Waals surface area (Å²) in [4.78, 5) is 5.11. The van der Waals surface area contributed by atoms with E-state index in [9.17, 15) is 8.42 Å². The Morgan fingerprint density at radius 2 is 1.81 bits per heavy atom. The molecule has 0 saturated heterocycles. The fourth-order valence-corrected chi connectivity index (χ4v) is 5.81. The van der Waals surface area contributed by atoms with E-state index in [2.05, 4.69) is 21.2 Å². The summed E-state index contributed by atoms with van der Waals surface area (Å²) in [5.74, 6) is 0.819. The summed E-state index contributed by atoms with van der Waals surface area (Å²) in [6.07, 6.45) is 7.70. The van der Waals surface area contributed by atoms with Crippen molar-refractivity contribution in [3.05, 3.63) is 100 Å². The first-order valence-corrected chi connectivity index (χ1v) is 14.0. The second kappa shape index (κ2) is 10.5. The Kier molecular flexibility index (Phi) is 7.19. The lowest BCUT2D eigenvalue weighted by Gasteiger charge is -2.14. The van der Waals surface area contributed by atoms with Crippen LogP contribution >= 0.6 is 11.6 Å². The molecule has 2 N–H and O–H groups in total. The Hall–Kier alpha value is -3.40. The minimum absolute atomic E-state index is 0.217. The first-order valence-electron chi connectivity index (χ1n) is 12.1. The van der Waals surface area contributed by atoms with Gasteiger partial charge in [0, 0.05) is 36.0 Å². The molecule has 5 rings (SSSR count). The van der Waals surface area contributed by atoms with Crippen molar-refractivity contribution in [3.63, 3.8) is 0 Å². The van der Waals surface area contributed by atoms with Crippen LogP contribution in [0.25, 0.3) is 11.2 Å². The van der Waals surface area contributed by atoms with Gasteiger partial charge in [-0.3, -0.25) is 0 Å². The van der Waals surface area contributed by atoms with Crippen LogP contribution in [0.3, 0.4) is 0 Å². The van der Waals surface area contributed by atoms with Crippen molar-refractivity contribution >= 4 is 52.0 Å². The molecule has 0 aliphatic heterocycles. The zero-order valence-electron chi connectivity index (χ0n) is 20.7. The fourth-order valence-electron chi connectivity index (χ4n) is 4.28. The topological polar surface area (TPSA) is 88.4 Å². The summed E-state index contributed by atoms with van der Waals surface area (Å²) < 4.78 is 29.8. The molecule has 0 unspecified atom stereocenters. The number of rotatable bonds is 8. The lowest BCUT2D eigenvalue weighted by Crippen LogP contribution is -2.24. The molecular weight excluding hydrogens is 505 g/mol. The molecule has 37 heavy (non-hydrogen) atoms. The van der Waals surface area contributed by atoms with Crippen molar-refractivity contribution in [3.8, 4) is 0 Å². The highest BCUT2D eigenvalue weighted by atomic mass is 35.5. The van der Waals surface area contributed by atoms with Gasteiger partial charge in [-0.25, -0.2) is 18.1 Å². The molecule has 0 radical (unpaired) electrons. The van der Waals surface area contributed by atoms with Gasteiger partial charge in [-0.1, -0.05) is 66.2 Å². The summed E-state index contributed by atoms with van der Waals surface area (Å²) in [5.41, 5.74) is 6.17. The monoisotopic (exact) mass is 531 g/mol. The average Bonchev–Trinajstić information content (AvgIpc) is 3.28. The highest BCUT2D eigenvalue weighted by Gasteiger charge is 2.17. The van der Waals surface area contributed by atoms with Crippen molar-refractivity contribution in [2.45, 2.75) is 37.8 Å². The number of halogens is 1. The predicted octanol–water partition coefficient (Wildman–Crippen LogP) is 3.69. The molecule has 7 nitrogen and oxygen atoms in total. The van der Waals surface area contributed by atoms with Crippen LogP contribution in [-0.4, -0.2) is 30.9 Å². The van der Waals surface area contributed by atoms with Crippen LogP contribution in [0.2, 0.25) is 0 Å². The Morgan fingerprint density at radius 1 is 1.08 bits per heavy atom. The molecule has 2 aromatic heterocycles. The lowest BCUT2D eigenvalue weighted by atomic mass is 10.00. The zero-order chi connectivity index (χ0) is 26.0. The maximum atomic E-state index is 12.7. The van der Waals surface area contributed by atoms with E-state index in [1.54, 1.807) is 35.8 Å². The molecule has 188 valence electrons. The molecule has 10 heteroatoms. The van der Waals surface area contributed by atoms with Crippen LogP contribution in [-0.2, 0) is 23.1 Å². The van der Waals surface area contributed by atoms with Gasteiger partial charge in [-0.15, -0.1) is 0 Å².